The monoisotopic (exact) mass is 221 g/mol. The zero-order chi connectivity index (χ0) is 12.6. The van der Waals surface area contributed by atoms with E-state index in [1.807, 2.05) is 0 Å². The van der Waals surface area contributed by atoms with E-state index < -0.39 is 29.9 Å². The van der Waals surface area contributed by atoms with E-state index in [1.54, 1.807) is 0 Å². The van der Waals surface area contributed by atoms with Crippen LogP contribution in [-0.2, 0) is 14.4 Å². The smallest absolute Gasteiger partial charge is 0.372 e. The van der Waals surface area contributed by atoms with Crippen molar-refractivity contribution in [2.75, 3.05) is 0 Å². The Morgan fingerprint density at radius 2 is 1.67 bits per heavy atom. The van der Waals surface area contributed by atoms with E-state index in [0.717, 1.165) is 0 Å². The molecule has 1 unspecified atom stereocenters. The maximum absolute atomic E-state index is 9.91. The van der Waals surface area contributed by atoms with E-state index in [2.05, 4.69) is 0 Å². The van der Waals surface area contributed by atoms with Crippen LogP contribution in [0.2, 0.25) is 0 Å². The van der Waals surface area contributed by atoms with Gasteiger partial charge in [0, 0.05) is 6.42 Å². The van der Waals surface area contributed by atoms with E-state index in [4.69, 9.17) is 21.1 Å². The number of aliphatic hydroxyl groups is 1. The molecule has 0 saturated heterocycles. The molecule has 0 aliphatic rings. The van der Waals surface area contributed by atoms with Crippen molar-refractivity contribution in [3.8, 4) is 0 Å². The summed E-state index contributed by atoms with van der Waals surface area (Å²) in [5, 5.41) is 24.4. The Balaban J connectivity index is 0. The van der Waals surface area contributed by atoms with Crippen molar-refractivity contribution < 1.29 is 29.7 Å². The van der Waals surface area contributed by atoms with Gasteiger partial charge in [0.25, 0.3) is 0 Å². The van der Waals surface area contributed by atoms with E-state index in [0.29, 0.717) is 0 Å². The average molecular weight is 221 g/mol. The van der Waals surface area contributed by atoms with Crippen LogP contribution in [0.4, 0.5) is 0 Å². The Labute approximate surface area is 86.5 Å². The summed E-state index contributed by atoms with van der Waals surface area (Å²) in [5.41, 5.74) is 4.91. The highest BCUT2D eigenvalue weighted by atomic mass is 16.4. The Bertz CT molecular complexity index is 237. The molecule has 5 N–H and O–H groups in total. The molecule has 0 rings (SSSR count). The van der Waals surface area contributed by atoms with Gasteiger partial charge in [-0.3, -0.25) is 9.59 Å². The van der Waals surface area contributed by atoms with Gasteiger partial charge in [0.1, 0.15) is 6.04 Å². The van der Waals surface area contributed by atoms with Gasteiger partial charge < -0.3 is 21.1 Å². The second kappa shape index (κ2) is 7.89. The van der Waals surface area contributed by atoms with Gasteiger partial charge in [0.05, 0.1) is 6.10 Å². The molecule has 0 radical (unpaired) electrons. The van der Waals surface area contributed by atoms with E-state index in [9.17, 15) is 14.4 Å². The molecule has 0 aliphatic heterocycles. The zero-order valence-corrected chi connectivity index (χ0v) is 8.51. The number of carboxylic acid groups (broad SMARTS) is 2. The minimum absolute atomic E-state index is 0.0787. The molecule has 0 saturated carbocycles. The highest BCUT2D eigenvalue weighted by Gasteiger charge is 2.16. The van der Waals surface area contributed by atoms with Gasteiger partial charge in [-0.05, 0) is 6.92 Å². The number of rotatable bonds is 4. The van der Waals surface area contributed by atoms with Crippen molar-refractivity contribution in [2.45, 2.75) is 32.4 Å². The highest BCUT2D eigenvalue weighted by molar-refractivity contribution is 6.32. The van der Waals surface area contributed by atoms with Gasteiger partial charge in [-0.1, -0.05) is 6.92 Å². The third-order valence-corrected chi connectivity index (χ3v) is 1.36. The number of aliphatic hydroxyl groups excluding tert-OH is 1. The van der Waals surface area contributed by atoms with Gasteiger partial charge in [-0.25, -0.2) is 4.79 Å². The van der Waals surface area contributed by atoms with E-state index in [-0.39, 0.29) is 6.42 Å². The number of aliphatic carboxylic acids is 2. The topological polar surface area (TPSA) is 138 Å². The SMILES string of the molecule is CC(O)[C@H](N)C(=O)O.CCC(=O)C(=O)O. The van der Waals surface area contributed by atoms with Gasteiger partial charge in [0.15, 0.2) is 0 Å². The summed E-state index contributed by atoms with van der Waals surface area (Å²) in [6.07, 6.45) is -0.900. The normalized spacial score (nSPS) is 13.1. The fourth-order valence-electron chi connectivity index (χ4n) is 0.358. The van der Waals surface area contributed by atoms with Crippen LogP contribution < -0.4 is 5.73 Å². The maximum atomic E-state index is 9.91. The van der Waals surface area contributed by atoms with Gasteiger partial charge in [-0.2, -0.15) is 0 Å². The lowest BCUT2D eigenvalue weighted by Crippen LogP contribution is -2.39. The van der Waals surface area contributed by atoms with Crippen molar-refractivity contribution in [3.05, 3.63) is 0 Å². The molecule has 88 valence electrons. The van der Waals surface area contributed by atoms with Gasteiger partial charge in [0.2, 0.25) is 5.78 Å². The number of carbonyl (C=O) groups is 3. The molecule has 0 spiro atoms. The average Bonchev–Trinajstić information content (AvgIpc) is 2.15. The summed E-state index contributed by atoms with van der Waals surface area (Å²) in [7, 11) is 0. The first kappa shape index (κ1) is 16.0. The summed E-state index contributed by atoms with van der Waals surface area (Å²) in [6.45, 7) is 2.84. The number of carbonyl (C=O) groups excluding carboxylic acids is 1. The molecule has 0 aliphatic carbocycles. The molecule has 7 nitrogen and oxygen atoms in total. The predicted octanol–water partition coefficient (Wildman–Crippen LogP) is -1.17. The van der Waals surface area contributed by atoms with Gasteiger partial charge in [-0.15, -0.1) is 0 Å². The van der Waals surface area contributed by atoms with Crippen LogP contribution in [-0.4, -0.2) is 45.2 Å². The van der Waals surface area contributed by atoms with Crippen LogP contribution in [0.25, 0.3) is 0 Å². The van der Waals surface area contributed by atoms with E-state index in [1.165, 1.54) is 13.8 Å². The molecule has 0 amide bonds. The molecule has 7 heteroatoms. The molecule has 0 aromatic carbocycles. The fourth-order valence-corrected chi connectivity index (χ4v) is 0.358. The largest absolute Gasteiger partial charge is 0.480 e. The first-order chi connectivity index (χ1) is 6.73. The van der Waals surface area contributed by atoms with Crippen LogP contribution in [0.15, 0.2) is 0 Å². The van der Waals surface area contributed by atoms with Crippen LogP contribution >= 0.6 is 0 Å². The second-order valence-electron chi connectivity index (χ2n) is 2.69. The Kier molecular flexibility index (Phi) is 8.40. The molecular weight excluding hydrogens is 206 g/mol. The zero-order valence-electron chi connectivity index (χ0n) is 8.51. The third-order valence-electron chi connectivity index (χ3n) is 1.36. The van der Waals surface area contributed by atoms with Crippen molar-refractivity contribution >= 4 is 17.7 Å². The van der Waals surface area contributed by atoms with Gasteiger partial charge >= 0.3 is 11.9 Å². The summed E-state index contributed by atoms with van der Waals surface area (Å²) < 4.78 is 0. The van der Waals surface area contributed by atoms with Crippen LogP contribution in [0.5, 0.6) is 0 Å². The number of Topliss-reactive ketones (excluding diaryl/α,β-unsaturated/α-hetero) is 1. The molecule has 0 fully saturated rings. The standard InChI is InChI=1S/C4H9NO3.C4H6O3/c1-2(6)3(5)4(7)8;1-2-3(5)4(6)7/h2-3,6H,5H2,1H3,(H,7,8);2H2,1H3,(H,6,7)/t2?,3-;/m0./s1. The quantitative estimate of drug-likeness (QED) is 0.438. The molecule has 0 aromatic rings. The summed E-state index contributed by atoms with van der Waals surface area (Å²) in [6, 6.07) is -1.16. The highest BCUT2D eigenvalue weighted by Crippen LogP contribution is 1.85. The Morgan fingerprint density at radius 1 is 1.27 bits per heavy atom. The minimum Gasteiger partial charge on any atom is -0.480 e. The molecule has 0 heterocycles. The number of carboxylic acids is 2. The third kappa shape index (κ3) is 8.85. The Hall–Kier alpha value is -1.47. The Morgan fingerprint density at radius 3 is 1.67 bits per heavy atom. The maximum Gasteiger partial charge on any atom is 0.372 e. The lowest BCUT2D eigenvalue weighted by atomic mass is 10.2. The van der Waals surface area contributed by atoms with Crippen molar-refractivity contribution in [3.63, 3.8) is 0 Å². The van der Waals surface area contributed by atoms with Crippen LogP contribution in [0, 0.1) is 0 Å². The molecular formula is C8H15NO6. The molecule has 0 bridgehead atoms. The lowest BCUT2D eigenvalue weighted by Gasteiger charge is -2.06. The summed E-state index contributed by atoms with van der Waals surface area (Å²) >= 11 is 0. The van der Waals surface area contributed by atoms with Crippen molar-refractivity contribution in [1.29, 1.82) is 0 Å². The fraction of sp³-hybridized carbons (Fsp3) is 0.625. The second-order valence-corrected chi connectivity index (χ2v) is 2.69. The predicted molar refractivity (Wildman–Crippen MR) is 50.2 cm³/mol. The van der Waals surface area contributed by atoms with Crippen molar-refractivity contribution in [2.24, 2.45) is 5.73 Å². The summed E-state index contributed by atoms with van der Waals surface area (Å²) in [4.78, 5) is 29.3. The van der Waals surface area contributed by atoms with Crippen LogP contribution in [0.1, 0.15) is 20.3 Å². The lowest BCUT2D eigenvalue weighted by molar-refractivity contribution is -0.148. The van der Waals surface area contributed by atoms with Crippen molar-refractivity contribution in [1.82, 2.24) is 0 Å². The van der Waals surface area contributed by atoms with E-state index >= 15 is 0 Å². The molecule has 15 heavy (non-hydrogen) atoms. The van der Waals surface area contributed by atoms with Crippen LogP contribution in [0.3, 0.4) is 0 Å². The number of hydrogen-bond acceptors (Lipinski definition) is 5. The number of hydrogen-bond donors (Lipinski definition) is 4. The first-order valence-electron chi connectivity index (χ1n) is 4.16. The first-order valence-corrected chi connectivity index (χ1v) is 4.16. The summed E-state index contributed by atoms with van der Waals surface area (Å²) in [5.74, 6) is -3.26. The number of ketones is 1. The molecule has 0 aromatic heterocycles. The molecule has 2 atom stereocenters. The minimum atomic E-state index is -1.34. The number of nitrogens with two attached hydrogens (primary N) is 1.